The molecule has 0 amide bonds. The van der Waals surface area contributed by atoms with Gasteiger partial charge < -0.3 is 9.47 Å². The Morgan fingerprint density at radius 3 is 2.68 bits per heavy atom. The van der Waals surface area contributed by atoms with Crippen LogP contribution in [0, 0.1) is 3.57 Å². The van der Waals surface area contributed by atoms with E-state index < -0.39 is 11.8 Å². The zero-order chi connectivity index (χ0) is 16.5. The van der Waals surface area contributed by atoms with E-state index in [1.807, 2.05) is 6.92 Å². The molecule has 0 fully saturated rings. The standard InChI is InChI=1S/C16H18ClIO4/c1-3-5-8-22-16(20)13(10-21-4-2)15(19)12-9-11(18)6-7-14(12)17/h6-7,9-10H,3-5,8H2,1-2H3. The summed E-state index contributed by atoms with van der Waals surface area (Å²) in [6, 6.07) is 5.03. The van der Waals surface area contributed by atoms with Gasteiger partial charge in [0.05, 0.1) is 18.2 Å². The fourth-order valence-electron chi connectivity index (χ4n) is 1.56. The topological polar surface area (TPSA) is 52.6 Å². The maximum Gasteiger partial charge on any atom is 0.345 e. The van der Waals surface area contributed by atoms with Crippen molar-refractivity contribution in [2.75, 3.05) is 13.2 Å². The zero-order valence-corrected chi connectivity index (χ0v) is 15.4. The molecule has 0 spiro atoms. The van der Waals surface area contributed by atoms with E-state index in [4.69, 9.17) is 21.1 Å². The maximum atomic E-state index is 12.6. The number of Topliss-reactive ketones (excluding diaryl/α,β-unsaturated/α-hetero) is 1. The Bertz CT molecular complexity index is 569. The molecule has 1 rings (SSSR count). The van der Waals surface area contributed by atoms with E-state index in [1.165, 1.54) is 0 Å². The van der Waals surface area contributed by atoms with Gasteiger partial charge in [-0.15, -0.1) is 0 Å². The van der Waals surface area contributed by atoms with Gasteiger partial charge in [0.15, 0.2) is 0 Å². The summed E-state index contributed by atoms with van der Waals surface area (Å²) in [5.74, 6) is -1.19. The third-order valence-corrected chi connectivity index (χ3v) is 3.74. The van der Waals surface area contributed by atoms with Gasteiger partial charge in [-0.3, -0.25) is 4.79 Å². The second-order valence-corrected chi connectivity index (χ2v) is 6.08. The third kappa shape index (κ3) is 5.61. The minimum absolute atomic E-state index is 0.151. The van der Waals surface area contributed by atoms with Gasteiger partial charge in [-0.05, 0) is 54.1 Å². The lowest BCUT2D eigenvalue weighted by Gasteiger charge is -2.09. The predicted molar refractivity (Wildman–Crippen MR) is 94.1 cm³/mol. The van der Waals surface area contributed by atoms with Gasteiger partial charge in [-0.2, -0.15) is 0 Å². The first-order chi connectivity index (χ1) is 10.5. The monoisotopic (exact) mass is 436 g/mol. The number of hydrogen-bond acceptors (Lipinski definition) is 4. The smallest absolute Gasteiger partial charge is 0.345 e. The average Bonchev–Trinajstić information content (AvgIpc) is 2.50. The van der Waals surface area contributed by atoms with E-state index in [0.29, 0.717) is 6.61 Å². The van der Waals surface area contributed by atoms with Gasteiger partial charge in [0, 0.05) is 9.13 Å². The molecule has 0 saturated carbocycles. The zero-order valence-electron chi connectivity index (χ0n) is 12.5. The summed E-state index contributed by atoms with van der Waals surface area (Å²) >= 11 is 8.13. The molecule has 0 saturated heterocycles. The van der Waals surface area contributed by atoms with Crippen LogP contribution >= 0.6 is 34.2 Å². The van der Waals surface area contributed by atoms with Crippen molar-refractivity contribution in [3.63, 3.8) is 0 Å². The van der Waals surface area contributed by atoms with Gasteiger partial charge in [-0.25, -0.2) is 4.79 Å². The Balaban J connectivity index is 3.03. The summed E-state index contributed by atoms with van der Waals surface area (Å²) in [6.07, 6.45) is 2.78. The molecular weight excluding hydrogens is 419 g/mol. The highest BCUT2D eigenvalue weighted by molar-refractivity contribution is 14.1. The summed E-state index contributed by atoms with van der Waals surface area (Å²) < 4.78 is 11.1. The van der Waals surface area contributed by atoms with E-state index in [1.54, 1.807) is 25.1 Å². The van der Waals surface area contributed by atoms with E-state index in [-0.39, 0.29) is 22.8 Å². The lowest BCUT2D eigenvalue weighted by atomic mass is 10.0. The molecule has 1 aromatic rings. The van der Waals surface area contributed by atoms with Crippen molar-refractivity contribution in [1.29, 1.82) is 0 Å². The van der Waals surface area contributed by atoms with Crippen molar-refractivity contribution in [2.45, 2.75) is 26.7 Å². The SMILES string of the molecule is CCCCOC(=O)C(=COCC)C(=O)c1cc(I)ccc1Cl. The normalized spacial score (nSPS) is 11.2. The highest BCUT2D eigenvalue weighted by Crippen LogP contribution is 2.22. The summed E-state index contributed by atoms with van der Waals surface area (Å²) in [4.78, 5) is 24.7. The average molecular weight is 437 g/mol. The highest BCUT2D eigenvalue weighted by atomic mass is 127. The number of unbranched alkanes of at least 4 members (excludes halogenated alkanes) is 1. The third-order valence-electron chi connectivity index (χ3n) is 2.74. The van der Waals surface area contributed by atoms with Gasteiger partial charge in [-0.1, -0.05) is 24.9 Å². The van der Waals surface area contributed by atoms with E-state index in [0.717, 1.165) is 22.7 Å². The number of carbonyl (C=O) groups excluding carboxylic acids is 2. The fraction of sp³-hybridized carbons (Fsp3) is 0.375. The second kappa shape index (κ2) is 9.84. The van der Waals surface area contributed by atoms with E-state index in [9.17, 15) is 9.59 Å². The molecule has 0 aliphatic rings. The maximum absolute atomic E-state index is 12.6. The molecule has 22 heavy (non-hydrogen) atoms. The van der Waals surface area contributed by atoms with Crippen LogP contribution in [-0.4, -0.2) is 25.0 Å². The van der Waals surface area contributed by atoms with E-state index in [2.05, 4.69) is 22.6 Å². The molecule has 0 aliphatic carbocycles. The minimum Gasteiger partial charge on any atom is -0.500 e. The number of benzene rings is 1. The predicted octanol–water partition coefficient (Wildman–Crippen LogP) is 4.39. The molecule has 0 aliphatic heterocycles. The molecule has 0 aromatic heterocycles. The number of hydrogen-bond donors (Lipinski definition) is 0. The van der Waals surface area contributed by atoms with Crippen LogP contribution < -0.4 is 0 Å². The minimum atomic E-state index is -0.693. The van der Waals surface area contributed by atoms with Crippen LogP contribution in [0.4, 0.5) is 0 Å². The van der Waals surface area contributed by atoms with Crippen molar-refractivity contribution in [2.24, 2.45) is 0 Å². The number of rotatable bonds is 8. The molecule has 0 bridgehead atoms. The molecule has 0 unspecified atom stereocenters. The summed E-state index contributed by atoms with van der Waals surface area (Å²) in [5.41, 5.74) is 0.105. The molecular formula is C16H18ClIO4. The van der Waals surface area contributed by atoms with Crippen LogP contribution in [0.5, 0.6) is 0 Å². The molecule has 0 radical (unpaired) electrons. The lowest BCUT2D eigenvalue weighted by Crippen LogP contribution is -2.18. The fourth-order valence-corrected chi connectivity index (χ4v) is 2.26. The Morgan fingerprint density at radius 2 is 2.05 bits per heavy atom. The molecule has 0 N–H and O–H groups in total. The van der Waals surface area contributed by atoms with Crippen LogP contribution in [0.3, 0.4) is 0 Å². The summed E-state index contributed by atoms with van der Waals surface area (Å²) in [6.45, 7) is 4.37. The molecule has 4 nitrogen and oxygen atoms in total. The molecule has 0 heterocycles. The largest absolute Gasteiger partial charge is 0.500 e. The van der Waals surface area contributed by atoms with Crippen LogP contribution in [0.1, 0.15) is 37.0 Å². The van der Waals surface area contributed by atoms with Crippen LogP contribution in [0.2, 0.25) is 5.02 Å². The first-order valence-corrected chi connectivity index (χ1v) is 8.45. The molecule has 6 heteroatoms. The number of esters is 1. The van der Waals surface area contributed by atoms with Gasteiger partial charge in [0.1, 0.15) is 11.8 Å². The lowest BCUT2D eigenvalue weighted by molar-refractivity contribution is -0.138. The molecule has 0 atom stereocenters. The number of halogens is 2. The van der Waals surface area contributed by atoms with Crippen LogP contribution in [0.15, 0.2) is 30.0 Å². The molecule has 120 valence electrons. The Labute approximate surface area is 149 Å². The Morgan fingerprint density at radius 1 is 1.32 bits per heavy atom. The van der Waals surface area contributed by atoms with Crippen molar-refractivity contribution in [3.8, 4) is 0 Å². The van der Waals surface area contributed by atoms with E-state index >= 15 is 0 Å². The van der Waals surface area contributed by atoms with Gasteiger partial charge in [0.25, 0.3) is 0 Å². The summed E-state index contributed by atoms with van der Waals surface area (Å²) in [5, 5.41) is 0.286. The first-order valence-electron chi connectivity index (χ1n) is 6.99. The van der Waals surface area contributed by atoms with Crippen LogP contribution in [0.25, 0.3) is 0 Å². The van der Waals surface area contributed by atoms with Gasteiger partial charge in [0.2, 0.25) is 5.78 Å². The highest BCUT2D eigenvalue weighted by Gasteiger charge is 2.24. The Hall–Kier alpha value is -1.08. The van der Waals surface area contributed by atoms with Gasteiger partial charge >= 0.3 is 5.97 Å². The van der Waals surface area contributed by atoms with Crippen molar-refractivity contribution in [1.82, 2.24) is 0 Å². The number of carbonyl (C=O) groups is 2. The number of ketones is 1. The second-order valence-electron chi connectivity index (χ2n) is 4.43. The molecule has 1 aromatic carbocycles. The quantitative estimate of drug-likeness (QED) is 0.0886. The Kier molecular flexibility index (Phi) is 8.48. The summed E-state index contributed by atoms with van der Waals surface area (Å²) in [7, 11) is 0. The van der Waals surface area contributed by atoms with Crippen LogP contribution in [-0.2, 0) is 14.3 Å². The van der Waals surface area contributed by atoms with Crippen molar-refractivity contribution < 1.29 is 19.1 Å². The first kappa shape index (κ1) is 19.0. The van der Waals surface area contributed by atoms with Crippen molar-refractivity contribution in [3.05, 3.63) is 44.2 Å². The number of ether oxygens (including phenoxy) is 2. The van der Waals surface area contributed by atoms with Crippen molar-refractivity contribution >= 4 is 45.9 Å².